The molecule has 7 heavy (non-hydrogen) atoms. The van der Waals surface area contributed by atoms with E-state index in [0.29, 0.717) is 0 Å². The normalized spacial score (nSPS) is 8.29. The van der Waals surface area contributed by atoms with Crippen molar-refractivity contribution < 1.29 is 34.6 Å². The molecule has 0 saturated heterocycles. The van der Waals surface area contributed by atoms with E-state index in [2.05, 4.69) is 0 Å². The van der Waals surface area contributed by atoms with Crippen LogP contribution < -0.4 is 0 Å². The fourth-order valence-electron chi connectivity index (χ4n) is 0. The molecule has 0 atom stereocenters. The predicted molar refractivity (Wildman–Crippen MR) is 17.6 cm³/mol. The van der Waals surface area contributed by atoms with Crippen LogP contribution in [0.3, 0.4) is 0 Å². The molecule has 0 aromatic heterocycles. The van der Waals surface area contributed by atoms with Gasteiger partial charge >= 0.3 is 35.9 Å². The fourth-order valence-corrected chi connectivity index (χ4v) is 0. The molecule has 0 heterocycles. The molecule has 0 aliphatic carbocycles. The summed E-state index contributed by atoms with van der Waals surface area (Å²) in [5, 5.41) is 0. The average Bonchev–Trinajstić information content (AvgIpc) is 0.722. The van der Waals surface area contributed by atoms with Crippen LogP contribution in [0.2, 0.25) is 0 Å². The van der Waals surface area contributed by atoms with E-state index >= 15 is 0 Å². The Morgan fingerprint density at radius 3 is 1.14 bits per heavy atom. The molecule has 0 unspecified atom stereocenters. The van der Waals surface area contributed by atoms with Crippen LogP contribution in [0.15, 0.2) is 0 Å². The summed E-state index contributed by atoms with van der Waals surface area (Å²) in [7, 11) is -5.17. The molecule has 0 amide bonds. The van der Waals surface area contributed by atoms with E-state index in [9.17, 15) is 0 Å². The summed E-state index contributed by atoms with van der Waals surface area (Å²) in [4.78, 5) is 0. The molecule has 0 fully saturated rings. The molecule has 0 bridgehead atoms. The van der Waals surface area contributed by atoms with Gasteiger partial charge in [0.1, 0.15) is 0 Å². The van der Waals surface area contributed by atoms with E-state index in [1.54, 1.807) is 0 Å². The number of hydrogen-bond acceptors (Lipinski definition) is 4. The zero-order chi connectivity index (χ0) is 4.50. The minimum Gasteiger partial charge on any atom is 2.00 e. The van der Waals surface area contributed by atoms with E-state index in [4.69, 9.17) is 17.5 Å². The summed E-state index contributed by atoms with van der Waals surface area (Å²) in [6, 6.07) is 0. The third kappa shape index (κ3) is 178. The molecule has 0 aromatic carbocycles. The van der Waals surface area contributed by atoms with Crippen LogP contribution in [0.25, 0.3) is 0 Å². The third-order valence-electron chi connectivity index (χ3n) is 0. The second kappa shape index (κ2) is 5.13. The summed E-state index contributed by atoms with van der Waals surface area (Å²) in [5.41, 5.74) is 0. The second-order valence-corrected chi connectivity index (χ2v) is 1.22. The first-order chi connectivity index (χ1) is 2.00. The molecule has 0 aliphatic heterocycles. The van der Waals surface area contributed by atoms with Crippen LogP contribution >= 0.6 is 0 Å². The fraction of sp³-hybridized carbons (Fsp3) is 0. The summed E-state index contributed by atoms with van der Waals surface area (Å²) in [6.07, 6.45) is 0. The van der Waals surface area contributed by atoms with Crippen molar-refractivity contribution in [2.24, 2.45) is 0 Å². The Kier molecular flexibility index (Phi) is 11.5. The maximum Gasteiger partial charge on any atom is 2.00 e. The quantitative estimate of drug-likeness (QED) is 0.233. The number of rotatable bonds is 0. The molecular weight excluding hydrogens is 158 g/mol. The van der Waals surface area contributed by atoms with Gasteiger partial charge in [-0.05, 0) is 0 Å². The second-order valence-electron chi connectivity index (χ2n) is 0.408. The van der Waals surface area contributed by atoms with Gasteiger partial charge in [0.05, 0.1) is 0 Å². The van der Waals surface area contributed by atoms with Gasteiger partial charge in [0.25, 0.3) is 0 Å². The van der Waals surface area contributed by atoms with E-state index in [1.165, 1.54) is 0 Å². The van der Waals surface area contributed by atoms with E-state index in [0.717, 1.165) is 0 Å². The van der Waals surface area contributed by atoms with Crippen molar-refractivity contribution in [1.29, 1.82) is 0 Å². The van der Waals surface area contributed by atoms with Gasteiger partial charge in [0.2, 0.25) is 0 Å². The minimum absolute atomic E-state index is 0. The van der Waals surface area contributed by atoms with Crippen molar-refractivity contribution in [2.45, 2.75) is 0 Å². The first kappa shape index (κ1) is 15.7. The van der Waals surface area contributed by atoms with Crippen LogP contribution in [0, 0.1) is 0 Å². The van der Waals surface area contributed by atoms with Crippen LogP contribution in [0.1, 0.15) is 0 Å². The molecule has 0 spiro atoms. The molecule has 0 N–H and O–H groups in total. The van der Waals surface area contributed by atoms with Gasteiger partial charge in [0, 0.05) is 10.4 Å². The Morgan fingerprint density at radius 1 is 1.14 bits per heavy atom. The Labute approximate surface area is 63.9 Å². The zero-order valence-corrected chi connectivity index (χ0v) is 4.42. The average molecular weight is 159 g/mol. The van der Waals surface area contributed by atoms with Crippen molar-refractivity contribution in [1.82, 2.24) is 0 Å². The molecule has 0 aromatic rings. The van der Waals surface area contributed by atoms with Crippen LogP contribution in [0.4, 0.5) is 0 Å². The van der Waals surface area contributed by atoms with Crippen molar-refractivity contribution in [2.75, 3.05) is 0 Å². The maximum absolute atomic E-state index is 8.52. The monoisotopic (exact) mass is 159 g/mol. The summed E-state index contributed by atoms with van der Waals surface area (Å²) in [6.45, 7) is 0. The van der Waals surface area contributed by atoms with Crippen LogP contribution in [0.5, 0.6) is 0 Å². The molecule has 0 aliphatic rings. The van der Waals surface area contributed by atoms with Gasteiger partial charge in [-0.3, -0.25) is 8.42 Å². The molecular formula is HLiMnO4S. The van der Waals surface area contributed by atoms with E-state index in [1.807, 2.05) is 0 Å². The smallest absolute Gasteiger partial charge is 2.00 e. The molecule has 7 heteroatoms. The summed E-state index contributed by atoms with van der Waals surface area (Å²) >= 11 is 0. The molecule has 1 radical (unpaired) electrons. The standard InChI is InChI=1S/Li.Mn.H2O4S.H/c;;1-5(2,3)4;/h;;(H2,1,2,3,4);/q;+2;;/p-2. The van der Waals surface area contributed by atoms with E-state index in [-0.39, 0.29) is 35.9 Å². The van der Waals surface area contributed by atoms with E-state index < -0.39 is 10.4 Å². The zero-order valence-electron chi connectivity index (χ0n) is 2.42. The van der Waals surface area contributed by atoms with Crippen molar-refractivity contribution in [3.8, 4) is 0 Å². The Bertz CT molecular complexity index is 94.9. The molecule has 0 rings (SSSR count). The van der Waals surface area contributed by atoms with Gasteiger partial charge in [-0.15, -0.1) is 0 Å². The number of hydrogen-bond donors (Lipinski definition) is 0. The Morgan fingerprint density at radius 2 is 1.14 bits per heavy atom. The van der Waals surface area contributed by atoms with Crippen LogP contribution in [-0.2, 0) is 27.5 Å². The predicted octanol–water partition coefficient (Wildman–Crippen LogP) is -1.99. The van der Waals surface area contributed by atoms with Crippen molar-refractivity contribution in [3.63, 3.8) is 0 Å². The topological polar surface area (TPSA) is 80.3 Å². The SMILES string of the molecule is O=S(=O)([O-])[O-].[LiH].[Mn+2]. The van der Waals surface area contributed by atoms with Crippen molar-refractivity contribution >= 4 is 29.3 Å². The largest absolute Gasteiger partial charge is 2.00 e. The Hall–Kier alpha value is 0.987. The van der Waals surface area contributed by atoms with Gasteiger partial charge in [-0.1, -0.05) is 0 Å². The van der Waals surface area contributed by atoms with Gasteiger partial charge in [0.15, 0.2) is 0 Å². The van der Waals surface area contributed by atoms with Crippen LogP contribution in [-0.4, -0.2) is 36.4 Å². The first-order valence-corrected chi connectivity index (χ1v) is 2.00. The first-order valence-electron chi connectivity index (χ1n) is 0.667. The van der Waals surface area contributed by atoms with Gasteiger partial charge in [-0.2, -0.15) is 0 Å². The summed E-state index contributed by atoms with van der Waals surface area (Å²) < 4.78 is 34.1. The minimum atomic E-state index is -5.17. The maximum atomic E-state index is 8.52. The Balaban J connectivity index is -0.0000000800. The molecule has 0 saturated carbocycles. The molecule has 39 valence electrons. The molecule has 4 nitrogen and oxygen atoms in total. The van der Waals surface area contributed by atoms with Gasteiger partial charge in [-0.25, -0.2) is 0 Å². The van der Waals surface area contributed by atoms with Gasteiger partial charge < -0.3 is 9.11 Å². The summed E-state index contributed by atoms with van der Waals surface area (Å²) in [5.74, 6) is 0. The third-order valence-corrected chi connectivity index (χ3v) is 0. The van der Waals surface area contributed by atoms with Crippen molar-refractivity contribution in [3.05, 3.63) is 0 Å².